The highest BCUT2D eigenvalue weighted by Crippen LogP contribution is 2.31. The summed E-state index contributed by atoms with van der Waals surface area (Å²) >= 11 is 0. The van der Waals surface area contributed by atoms with Gasteiger partial charge < -0.3 is 10.5 Å². The first-order valence-electron chi connectivity index (χ1n) is 6.80. The summed E-state index contributed by atoms with van der Waals surface area (Å²) < 4.78 is 5.66. The fourth-order valence-corrected chi connectivity index (χ4v) is 2.70. The molecule has 0 saturated carbocycles. The molecule has 4 heteroatoms. The van der Waals surface area contributed by atoms with Crippen molar-refractivity contribution >= 4 is 0 Å². The summed E-state index contributed by atoms with van der Waals surface area (Å²) in [4.78, 5) is 6.57. The molecule has 2 heterocycles. The Bertz CT molecular complexity index is 344. The van der Waals surface area contributed by atoms with E-state index in [1.165, 1.54) is 18.4 Å². The maximum Gasteiger partial charge on any atom is 0.0823 e. The van der Waals surface area contributed by atoms with Crippen LogP contribution in [0.3, 0.4) is 0 Å². The van der Waals surface area contributed by atoms with Crippen LogP contribution >= 0.6 is 0 Å². The molecule has 1 aromatic rings. The van der Waals surface area contributed by atoms with Gasteiger partial charge in [-0.2, -0.15) is 0 Å². The molecule has 18 heavy (non-hydrogen) atoms. The van der Waals surface area contributed by atoms with Crippen LogP contribution in [0.25, 0.3) is 0 Å². The van der Waals surface area contributed by atoms with Gasteiger partial charge >= 0.3 is 0 Å². The second kappa shape index (κ2) is 6.83. The van der Waals surface area contributed by atoms with Crippen LogP contribution in [0.15, 0.2) is 24.5 Å². The van der Waals surface area contributed by atoms with Crippen LogP contribution in [0.1, 0.15) is 31.4 Å². The van der Waals surface area contributed by atoms with Crippen molar-refractivity contribution in [1.29, 1.82) is 0 Å². The van der Waals surface area contributed by atoms with E-state index in [0.717, 1.165) is 19.7 Å². The summed E-state index contributed by atoms with van der Waals surface area (Å²) in [6.07, 6.45) is 6.35. The summed E-state index contributed by atoms with van der Waals surface area (Å²) in [5, 5.41) is 0. The first-order chi connectivity index (χ1) is 8.85. The molecular weight excluding hydrogens is 226 g/mol. The van der Waals surface area contributed by atoms with Crippen LogP contribution in [0, 0.1) is 0 Å². The molecule has 2 N–H and O–H groups in total. The number of likely N-dealkylation sites (tertiary alicyclic amines) is 1. The van der Waals surface area contributed by atoms with E-state index >= 15 is 0 Å². The highest BCUT2D eigenvalue weighted by atomic mass is 16.5. The van der Waals surface area contributed by atoms with Gasteiger partial charge in [-0.05, 0) is 44.0 Å². The van der Waals surface area contributed by atoms with Gasteiger partial charge in [0.2, 0.25) is 0 Å². The Morgan fingerprint density at radius 2 is 2.28 bits per heavy atom. The molecule has 2 unspecified atom stereocenters. The summed E-state index contributed by atoms with van der Waals surface area (Å²) in [5.74, 6) is 0. The normalized spacial score (nSPS) is 22.2. The molecule has 0 aliphatic carbocycles. The minimum Gasteiger partial charge on any atom is -0.376 e. The molecule has 0 radical (unpaired) electrons. The van der Waals surface area contributed by atoms with Crippen molar-refractivity contribution in [2.24, 2.45) is 5.73 Å². The van der Waals surface area contributed by atoms with E-state index in [0.29, 0.717) is 12.6 Å². The third kappa shape index (κ3) is 3.28. The Labute approximate surface area is 109 Å². The minimum absolute atomic E-state index is 0.150. The van der Waals surface area contributed by atoms with E-state index in [-0.39, 0.29) is 6.10 Å². The SMILES string of the molecule is CCOC(CN)CN1CCCC1c1ccncc1. The van der Waals surface area contributed by atoms with Gasteiger partial charge in [0, 0.05) is 38.1 Å². The molecule has 1 aromatic heterocycles. The number of nitrogens with two attached hydrogens (primary N) is 1. The molecular formula is C14H23N3O. The number of nitrogens with zero attached hydrogens (tertiary/aromatic N) is 2. The highest BCUT2D eigenvalue weighted by Gasteiger charge is 2.27. The third-order valence-electron chi connectivity index (χ3n) is 3.56. The van der Waals surface area contributed by atoms with Crippen molar-refractivity contribution in [3.05, 3.63) is 30.1 Å². The van der Waals surface area contributed by atoms with Crippen LogP contribution < -0.4 is 5.73 Å². The Morgan fingerprint density at radius 1 is 1.50 bits per heavy atom. The topological polar surface area (TPSA) is 51.4 Å². The molecule has 100 valence electrons. The Balaban J connectivity index is 1.99. The molecule has 1 fully saturated rings. The van der Waals surface area contributed by atoms with E-state index in [1.807, 2.05) is 19.3 Å². The zero-order valence-electron chi connectivity index (χ0n) is 11.1. The van der Waals surface area contributed by atoms with Gasteiger partial charge in [0.1, 0.15) is 0 Å². The average molecular weight is 249 g/mol. The predicted octanol–water partition coefficient (Wildman–Crippen LogP) is 1.58. The molecule has 0 spiro atoms. The lowest BCUT2D eigenvalue weighted by atomic mass is 10.1. The molecule has 0 bridgehead atoms. The van der Waals surface area contributed by atoms with Crippen LogP contribution in [-0.2, 0) is 4.74 Å². The Kier molecular flexibility index (Phi) is 5.11. The first kappa shape index (κ1) is 13.5. The lowest BCUT2D eigenvalue weighted by Gasteiger charge is -2.28. The lowest BCUT2D eigenvalue weighted by Crippen LogP contribution is -2.38. The molecule has 4 nitrogen and oxygen atoms in total. The Hall–Kier alpha value is -0.970. The third-order valence-corrected chi connectivity index (χ3v) is 3.56. The fourth-order valence-electron chi connectivity index (χ4n) is 2.70. The number of pyridine rings is 1. The van der Waals surface area contributed by atoms with Crippen molar-refractivity contribution in [2.45, 2.75) is 31.9 Å². The van der Waals surface area contributed by atoms with Crippen molar-refractivity contribution in [2.75, 3.05) is 26.2 Å². The minimum atomic E-state index is 0.150. The maximum absolute atomic E-state index is 5.76. The number of aromatic nitrogens is 1. The van der Waals surface area contributed by atoms with Crippen molar-refractivity contribution in [1.82, 2.24) is 9.88 Å². The van der Waals surface area contributed by atoms with Crippen molar-refractivity contribution in [3.63, 3.8) is 0 Å². The highest BCUT2D eigenvalue weighted by molar-refractivity contribution is 5.16. The van der Waals surface area contributed by atoms with Gasteiger partial charge in [0.25, 0.3) is 0 Å². The largest absolute Gasteiger partial charge is 0.376 e. The zero-order valence-corrected chi connectivity index (χ0v) is 11.1. The predicted molar refractivity (Wildman–Crippen MR) is 72.3 cm³/mol. The van der Waals surface area contributed by atoms with Crippen LogP contribution in [0.2, 0.25) is 0 Å². The Morgan fingerprint density at radius 3 is 2.94 bits per heavy atom. The van der Waals surface area contributed by atoms with E-state index in [4.69, 9.17) is 10.5 Å². The summed E-state index contributed by atoms with van der Waals surface area (Å²) in [6.45, 7) is 5.41. The summed E-state index contributed by atoms with van der Waals surface area (Å²) in [7, 11) is 0. The number of hydrogen-bond donors (Lipinski definition) is 1. The van der Waals surface area contributed by atoms with Gasteiger partial charge in [0.15, 0.2) is 0 Å². The molecule has 2 rings (SSSR count). The average Bonchev–Trinajstić information content (AvgIpc) is 2.87. The van der Waals surface area contributed by atoms with E-state index in [2.05, 4.69) is 22.0 Å². The zero-order chi connectivity index (χ0) is 12.8. The summed E-state index contributed by atoms with van der Waals surface area (Å²) in [6, 6.07) is 4.73. The van der Waals surface area contributed by atoms with Crippen LogP contribution in [-0.4, -0.2) is 42.2 Å². The van der Waals surface area contributed by atoms with Gasteiger partial charge in [-0.25, -0.2) is 0 Å². The van der Waals surface area contributed by atoms with Gasteiger partial charge in [0.05, 0.1) is 6.10 Å². The number of hydrogen-bond acceptors (Lipinski definition) is 4. The van der Waals surface area contributed by atoms with Crippen molar-refractivity contribution in [3.8, 4) is 0 Å². The quantitative estimate of drug-likeness (QED) is 0.831. The molecule has 2 atom stereocenters. The van der Waals surface area contributed by atoms with Crippen molar-refractivity contribution < 1.29 is 4.74 Å². The van der Waals surface area contributed by atoms with Crippen LogP contribution in [0.5, 0.6) is 0 Å². The molecule has 1 saturated heterocycles. The smallest absolute Gasteiger partial charge is 0.0823 e. The number of rotatable bonds is 6. The van der Waals surface area contributed by atoms with Gasteiger partial charge in [-0.3, -0.25) is 9.88 Å². The van der Waals surface area contributed by atoms with Gasteiger partial charge in [-0.1, -0.05) is 0 Å². The lowest BCUT2D eigenvalue weighted by molar-refractivity contribution is 0.0358. The second-order valence-corrected chi connectivity index (χ2v) is 4.75. The standard InChI is InChI=1S/C14H23N3O/c1-2-18-13(10-15)11-17-9-3-4-14(17)12-5-7-16-8-6-12/h5-8,13-14H,2-4,9-11,15H2,1H3. The fraction of sp³-hybridized carbons (Fsp3) is 0.643. The second-order valence-electron chi connectivity index (χ2n) is 4.75. The van der Waals surface area contributed by atoms with E-state index in [1.54, 1.807) is 0 Å². The first-order valence-corrected chi connectivity index (χ1v) is 6.80. The monoisotopic (exact) mass is 249 g/mol. The molecule has 0 amide bonds. The molecule has 1 aliphatic rings. The van der Waals surface area contributed by atoms with Gasteiger partial charge in [-0.15, -0.1) is 0 Å². The molecule has 1 aliphatic heterocycles. The number of ether oxygens (including phenoxy) is 1. The van der Waals surface area contributed by atoms with E-state index < -0.39 is 0 Å². The van der Waals surface area contributed by atoms with E-state index in [9.17, 15) is 0 Å². The maximum atomic E-state index is 5.76. The van der Waals surface area contributed by atoms with Crippen LogP contribution in [0.4, 0.5) is 0 Å². The molecule has 0 aromatic carbocycles. The summed E-state index contributed by atoms with van der Waals surface area (Å²) in [5.41, 5.74) is 7.12.